The van der Waals surface area contributed by atoms with E-state index in [1.54, 1.807) is 0 Å². The molecule has 1 aromatic heterocycles. The van der Waals surface area contributed by atoms with Gasteiger partial charge in [-0.15, -0.1) is 0 Å². The minimum absolute atomic E-state index is 0.0904. The van der Waals surface area contributed by atoms with Gasteiger partial charge in [-0.05, 0) is 37.9 Å². The summed E-state index contributed by atoms with van der Waals surface area (Å²) < 4.78 is 0. The van der Waals surface area contributed by atoms with Gasteiger partial charge in [0.05, 0.1) is 24.1 Å². The van der Waals surface area contributed by atoms with Crippen LogP contribution in [0.15, 0.2) is 18.3 Å². The van der Waals surface area contributed by atoms with Crippen molar-refractivity contribution < 1.29 is 4.79 Å². The largest absolute Gasteiger partial charge is 0.361 e. The number of rotatable bonds is 6. The van der Waals surface area contributed by atoms with Gasteiger partial charge in [-0.25, -0.2) is 0 Å². The number of pyridine rings is 1. The van der Waals surface area contributed by atoms with Crippen LogP contribution >= 0.6 is 0 Å². The molecule has 5 heteroatoms. The lowest BCUT2D eigenvalue weighted by Crippen LogP contribution is -2.33. The topological polar surface area (TPSA) is 57.3 Å². The van der Waals surface area contributed by atoms with Crippen LogP contribution in [0.5, 0.6) is 0 Å². The summed E-state index contributed by atoms with van der Waals surface area (Å²) in [7, 11) is 0. The van der Waals surface area contributed by atoms with E-state index in [0.717, 1.165) is 50.3 Å². The SMILES string of the molecule is CCCNC(CC)c1ccc(N2CCCNC(=O)C2)cn1. The molecule has 116 valence electrons. The van der Waals surface area contributed by atoms with E-state index in [1.165, 1.54) is 0 Å². The predicted octanol–water partition coefficient (Wildman–Crippen LogP) is 1.86. The van der Waals surface area contributed by atoms with Gasteiger partial charge in [-0.3, -0.25) is 9.78 Å². The molecule has 1 fully saturated rings. The molecular weight excluding hydrogens is 264 g/mol. The van der Waals surface area contributed by atoms with E-state index in [2.05, 4.69) is 46.5 Å². The summed E-state index contributed by atoms with van der Waals surface area (Å²) in [5, 5.41) is 6.41. The first-order valence-corrected chi connectivity index (χ1v) is 7.95. The van der Waals surface area contributed by atoms with Crippen LogP contribution in [0.2, 0.25) is 0 Å². The standard InChI is InChI=1S/C16H26N4O/c1-3-8-17-14(4-2)15-7-6-13(11-19-15)20-10-5-9-18-16(21)12-20/h6-7,11,14,17H,3-5,8-10,12H2,1-2H3,(H,18,21). The maximum Gasteiger partial charge on any atom is 0.239 e. The summed E-state index contributed by atoms with van der Waals surface area (Å²) in [4.78, 5) is 18.3. The summed E-state index contributed by atoms with van der Waals surface area (Å²) in [6.45, 7) is 7.42. The Labute approximate surface area is 127 Å². The molecule has 2 rings (SSSR count). The molecule has 0 saturated carbocycles. The van der Waals surface area contributed by atoms with Crippen LogP contribution in [0.25, 0.3) is 0 Å². The number of carbonyl (C=O) groups excluding carboxylic acids is 1. The van der Waals surface area contributed by atoms with Crippen molar-refractivity contribution in [2.24, 2.45) is 0 Å². The number of nitrogens with one attached hydrogen (secondary N) is 2. The van der Waals surface area contributed by atoms with Crippen LogP contribution in [0, 0.1) is 0 Å². The van der Waals surface area contributed by atoms with Gasteiger partial charge in [0.15, 0.2) is 0 Å². The van der Waals surface area contributed by atoms with E-state index < -0.39 is 0 Å². The number of hydrogen-bond donors (Lipinski definition) is 2. The number of nitrogens with zero attached hydrogens (tertiary/aromatic N) is 2. The second-order valence-corrected chi connectivity index (χ2v) is 5.48. The molecule has 0 spiro atoms. The number of anilines is 1. The zero-order chi connectivity index (χ0) is 15.1. The fourth-order valence-corrected chi connectivity index (χ4v) is 2.59. The Morgan fingerprint density at radius 3 is 2.95 bits per heavy atom. The fraction of sp³-hybridized carbons (Fsp3) is 0.625. The zero-order valence-electron chi connectivity index (χ0n) is 13.1. The lowest BCUT2D eigenvalue weighted by atomic mass is 10.1. The Hall–Kier alpha value is -1.62. The number of carbonyl (C=O) groups is 1. The van der Waals surface area contributed by atoms with Crippen molar-refractivity contribution in [1.82, 2.24) is 15.6 Å². The minimum atomic E-state index is 0.0904. The second kappa shape index (κ2) is 7.98. The highest BCUT2D eigenvalue weighted by Gasteiger charge is 2.16. The molecule has 0 bridgehead atoms. The van der Waals surface area contributed by atoms with Gasteiger partial charge in [0.2, 0.25) is 5.91 Å². The van der Waals surface area contributed by atoms with E-state index in [1.807, 2.05) is 6.20 Å². The average Bonchev–Trinajstić information content (AvgIpc) is 2.73. The molecule has 1 saturated heterocycles. The van der Waals surface area contributed by atoms with Gasteiger partial charge in [0, 0.05) is 19.1 Å². The summed E-state index contributed by atoms with van der Waals surface area (Å²) in [5.74, 6) is 0.0904. The fourth-order valence-electron chi connectivity index (χ4n) is 2.59. The Morgan fingerprint density at radius 1 is 1.43 bits per heavy atom. The van der Waals surface area contributed by atoms with Crippen molar-refractivity contribution >= 4 is 11.6 Å². The van der Waals surface area contributed by atoms with Gasteiger partial charge in [-0.1, -0.05) is 13.8 Å². The Kier molecular flexibility index (Phi) is 5.99. The molecule has 1 aliphatic heterocycles. The number of aromatic nitrogens is 1. The molecule has 1 aromatic rings. The molecule has 1 aliphatic rings. The molecule has 2 N–H and O–H groups in total. The van der Waals surface area contributed by atoms with Crippen LogP contribution in [0.1, 0.15) is 44.8 Å². The minimum Gasteiger partial charge on any atom is -0.361 e. The summed E-state index contributed by atoms with van der Waals surface area (Å²) >= 11 is 0. The normalized spacial score (nSPS) is 17.2. The molecule has 5 nitrogen and oxygen atoms in total. The van der Waals surface area contributed by atoms with Gasteiger partial charge in [-0.2, -0.15) is 0 Å². The van der Waals surface area contributed by atoms with Crippen LogP contribution < -0.4 is 15.5 Å². The van der Waals surface area contributed by atoms with Gasteiger partial charge in [0.1, 0.15) is 0 Å². The first-order chi connectivity index (χ1) is 10.2. The smallest absolute Gasteiger partial charge is 0.239 e. The number of amides is 1. The van der Waals surface area contributed by atoms with E-state index >= 15 is 0 Å². The van der Waals surface area contributed by atoms with E-state index in [9.17, 15) is 4.79 Å². The highest BCUT2D eigenvalue weighted by molar-refractivity contribution is 5.81. The lowest BCUT2D eigenvalue weighted by Gasteiger charge is -2.22. The molecule has 1 atom stereocenters. The monoisotopic (exact) mass is 290 g/mol. The average molecular weight is 290 g/mol. The van der Waals surface area contributed by atoms with Crippen LogP contribution in [0.3, 0.4) is 0 Å². The third-order valence-corrected chi connectivity index (χ3v) is 3.80. The van der Waals surface area contributed by atoms with Crippen molar-refractivity contribution in [3.8, 4) is 0 Å². The molecule has 1 unspecified atom stereocenters. The van der Waals surface area contributed by atoms with E-state index in [0.29, 0.717) is 12.6 Å². The number of hydrogen-bond acceptors (Lipinski definition) is 4. The molecule has 21 heavy (non-hydrogen) atoms. The van der Waals surface area contributed by atoms with Gasteiger partial charge >= 0.3 is 0 Å². The third-order valence-electron chi connectivity index (χ3n) is 3.80. The molecule has 1 amide bonds. The highest BCUT2D eigenvalue weighted by atomic mass is 16.2. The van der Waals surface area contributed by atoms with Gasteiger partial charge in [0.25, 0.3) is 0 Å². The Bertz CT molecular complexity index is 446. The summed E-state index contributed by atoms with van der Waals surface area (Å²) in [5.41, 5.74) is 2.11. The molecule has 2 heterocycles. The third kappa shape index (κ3) is 4.43. The predicted molar refractivity (Wildman–Crippen MR) is 85.4 cm³/mol. The second-order valence-electron chi connectivity index (χ2n) is 5.48. The van der Waals surface area contributed by atoms with Crippen molar-refractivity contribution in [2.45, 2.75) is 39.2 Å². The van der Waals surface area contributed by atoms with Crippen LogP contribution in [-0.4, -0.2) is 37.1 Å². The Balaban J connectivity index is 2.04. The van der Waals surface area contributed by atoms with E-state index in [-0.39, 0.29) is 5.91 Å². The zero-order valence-corrected chi connectivity index (χ0v) is 13.1. The van der Waals surface area contributed by atoms with Crippen molar-refractivity contribution in [1.29, 1.82) is 0 Å². The van der Waals surface area contributed by atoms with Crippen molar-refractivity contribution in [3.05, 3.63) is 24.0 Å². The first kappa shape index (κ1) is 15.8. The molecule has 0 radical (unpaired) electrons. The quantitative estimate of drug-likeness (QED) is 0.839. The highest BCUT2D eigenvalue weighted by Crippen LogP contribution is 2.19. The Morgan fingerprint density at radius 2 is 2.29 bits per heavy atom. The lowest BCUT2D eigenvalue weighted by molar-refractivity contribution is -0.119. The van der Waals surface area contributed by atoms with Crippen LogP contribution in [-0.2, 0) is 4.79 Å². The van der Waals surface area contributed by atoms with Crippen molar-refractivity contribution in [3.63, 3.8) is 0 Å². The summed E-state index contributed by atoms with van der Waals surface area (Å²) in [6.07, 6.45) is 5.02. The van der Waals surface area contributed by atoms with Crippen molar-refractivity contribution in [2.75, 3.05) is 31.1 Å². The maximum absolute atomic E-state index is 11.6. The molecular formula is C16H26N4O. The maximum atomic E-state index is 11.6. The van der Waals surface area contributed by atoms with E-state index in [4.69, 9.17) is 0 Å². The molecule has 0 aliphatic carbocycles. The van der Waals surface area contributed by atoms with Crippen LogP contribution in [0.4, 0.5) is 5.69 Å². The summed E-state index contributed by atoms with van der Waals surface area (Å²) in [6, 6.07) is 4.47. The van der Waals surface area contributed by atoms with Gasteiger partial charge < -0.3 is 15.5 Å². The first-order valence-electron chi connectivity index (χ1n) is 7.95. The molecule has 0 aromatic carbocycles.